The molecule has 0 atom stereocenters. The van der Waals surface area contributed by atoms with E-state index >= 15 is 0 Å². The van der Waals surface area contributed by atoms with Crippen LogP contribution in [0.25, 0.3) is 0 Å². The van der Waals surface area contributed by atoms with Crippen molar-refractivity contribution in [3.05, 3.63) is 46.4 Å². The fourth-order valence-electron chi connectivity index (χ4n) is 1.92. The molecule has 0 saturated heterocycles. The van der Waals surface area contributed by atoms with Gasteiger partial charge in [0.2, 0.25) is 0 Å². The summed E-state index contributed by atoms with van der Waals surface area (Å²) in [6.45, 7) is 5.00. The van der Waals surface area contributed by atoms with Crippen LogP contribution in [0.3, 0.4) is 0 Å². The summed E-state index contributed by atoms with van der Waals surface area (Å²) >= 11 is 1.80. The minimum atomic E-state index is 0.842. The maximum absolute atomic E-state index is 4.40. The van der Waals surface area contributed by atoms with Crippen LogP contribution in [0.1, 0.15) is 23.9 Å². The minimum absolute atomic E-state index is 0.842. The number of thiophene rings is 1. The standard InChI is InChI=1S/C15H21N3S/c1-3-7-16-11-13-10-14(6-8-17-13)18(2)12-15-5-4-9-19-15/h4-6,8-10,16H,3,7,11-12H2,1-2H3. The summed E-state index contributed by atoms with van der Waals surface area (Å²) < 4.78 is 0. The Morgan fingerprint density at radius 1 is 1.37 bits per heavy atom. The van der Waals surface area contributed by atoms with Gasteiger partial charge in [-0.05, 0) is 36.5 Å². The molecule has 0 aliphatic heterocycles. The van der Waals surface area contributed by atoms with Gasteiger partial charge in [-0.1, -0.05) is 13.0 Å². The van der Waals surface area contributed by atoms with E-state index in [2.05, 4.69) is 58.8 Å². The van der Waals surface area contributed by atoms with Crippen molar-refractivity contribution < 1.29 is 0 Å². The highest BCUT2D eigenvalue weighted by atomic mass is 32.1. The highest BCUT2D eigenvalue weighted by molar-refractivity contribution is 7.09. The van der Waals surface area contributed by atoms with E-state index in [1.807, 2.05) is 6.20 Å². The SMILES string of the molecule is CCCNCc1cc(N(C)Cc2cccs2)ccn1. The van der Waals surface area contributed by atoms with Crippen LogP contribution in [0.4, 0.5) is 5.69 Å². The predicted molar refractivity (Wildman–Crippen MR) is 82.7 cm³/mol. The molecule has 4 heteroatoms. The average molecular weight is 275 g/mol. The average Bonchev–Trinajstić information content (AvgIpc) is 2.92. The molecule has 0 amide bonds. The highest BCUT2D eigenvalue weighted by Crippen LogP contribution is 2.18. The van der Waals surface area contributed by atoms with Crippen LogP contribution in [0, 0.1) is 0 Å². The molecule has 0 spiro atoms. The molecular formula is C15H21N3S. The monoisotopic (exact) mass is 275 g/mol. The first-order chi connectivity index (χ1) is 9.29. The van der Waals surface area contributed by atoms with Gasteiger partial charge in [-0.2, -0.15) is 0 Å². The van der Waals surface area contributed by atoms with Gasteiger partial charge in [0.05, 0.1) is 12.2 Å². The molecule has 3 nitrogen and oxygen atoms in total. The quantitative estimate of drug-likeness (QED) is 0.786. The van der Waals surface area contributed by atoms with E-state index in [-0.39, 0.29) is 0 Å². The minimum Gasteiger partial charge on any atom is -0.369 e. The molecule has 2 aromatic rings. The van der Waals surface area contributed by atoms with E-state index in [4.69, 9.17) is 0 Å². The Hall–Kier alpha value is -1.39. The largest absolute Gasteiger partial charge is 0.369 e. The van der Waals surface area contributed by atoms with E-state index < -0.39 is 0 Å². The number of anilines is 1. The lowest BCUT2D eigenvalue weighted by Crippen LogP contribution is -2.18. The van der Waals surface area contributed by atoms with Gasteiger partial charge in [-0.25, -0.2) is 0 Å². The Balaban J connectivity index is 1.97. The van der Waals surface area contributed by atoms with Crippen molar-refractivity contribution in [3.63, 3.8) is 0 Å². The number of nitrogens with one attached hydrogen (secondary N) is 1. The number of hydrogen-bond acceptors (Lipinski definition) is 4. The van der Waals surface area contributed by atoms with Crippen LogP contribution < -0.4 is 10.2 Å². The molecule has 0 fully saturated rings. The van der Waals surface area contributed by atoms with Crippen LogP contribution in [0.5, 0.6) is 0 Å². The van der Waals surface area contributed by atoms with Crippen LogP contribution in [0.2, 0.25) is 0 Å². The maximum atomic E-state index is 4.40. The summed E-state index contributed by atoms with van der Waals surface area (Å²) in [5.41, 5.74) is 2.32. The molecular weight excluding hydrogens is 254 g/mol. The van der Waals surface area contributed by atoms with Crippen molar-refractivity contribution in [1.29, 1.82) is 0 Å². The van der Waals surface area contributed by atoms with Gasteiger partial charge in [-0.3, -0.25) is 4.98 Å². The van der Waals surface area contributed by atoms with Crippen molar-refractivity contribution >= 4 is 17.0 Å². The Bertz CT molecular complexity index is 482. The van der Waals surface area contributed by atoms with Crippen molar-refractivity contribution in [2.45, 2.75) is 26.4 Å². The van der Waals surface area contributed by atoms with Crippen LogP contribution in [-0.2, 0) is 13.1 Å². The third-order valence-electron chi connectivity index (χ3n) is 2.95. The molecule has 2 aromatic heterocycles. The van der Waals surface area contributed by atoms with Gasteiger partial charge in [0.25, 0.3) is 0 Å². The third kappa shape index (κ3) is 4.33. The van der Waals surface area contributed by atoms with E-state index in [0.29, 0.717) is 0 Å². The lowest BCUT2D eigenvalue weighted by molar-refractivity contribution is 0.664. The molecule has 102 valence electrons. The van der Waals surface area contributed by atoms with Crippen molar-refractivity contribution in [1.82, 2.24) is 10.3 Å². The Labute approximate surface area is 119 Å². The number of nitrogens with zero attached hydrogens (tertiary/aromatic N) is 2. The second-order valence-corrected chi connectivity index (χ2v) is 5.65. The maximum Gasteiger partial charge on any atom is 0.0562 e. The summed E-state index contributed by atoms with van der Waals surface area (Å²) in [5.74, 6) is 0. The number of hydrogen-bond donors (Lipinski definition) is 1. The predicted octanol–water partition coefficient (Wildman–Crippen LogP) is 3.28. The third-order valence-corrected chi connectivity index (χ3v) is 3.81. The number of aromatic nitrogens is 1. The molecule has 2 rings (SSSR count). The fraction of sp³-hybridized carbons (Fsp3) is 0.400. The molecule has 0 radical (unpaired) electrons. The van der Waals surface area contributed by atoms with Crippen LogP contribution in [0.15, 0.2) is 35.8 Å². The molecule has 0 aliphatic carbocycles. The summed E-state index contributed by atoms with van der Waals surface area (Å²) in [7, 11) is 2.12. The van der Waals surface area contributed by atoms with E-state index in [9.17, 15) is 0 Å². The molecule has 19 heavy (non-hydrogen) atoms. The Kier molecular flexibility index (Phi) is 5.36. The van der Waals surface area contributed by atoms with Crippen molar-refractivity contribution in [2.24, 2.45) is 0 Å². The van der Waals surface area contributed by atoms with E-state index in [0.717, 1.165) is 31.7 Å². The highest BCUT2D eigenvalue weighted by Gasteiger charge is 2.04. The second kappa shape index (κ2) is 7.26. The zero-order chi connectivity index (χ0) is 13.5. The van der Waals surface area contributed by atoms with E-state index in [1.165, 1.54) is 10.6 Å². The van der Waals surface area contributed by atoms with Crippen molar-refractivity contribution in [3.8, 4) is 0 Å². The normalized spacial score (nSPS) is 10.6. The fourth-order valence-corrected chi connectivity index (χ4v) is 2.68. The van der Waals surface area contributed by atoms with Gasteiger partial charge in [-0.15, -0.1) is 11.3 Å². The van der Waals surface area contributed by atoms with E-state index in [1.54, 1.807) is 11.3 Å². The van der Waals surface area contributed by atoms with Crippen LogP contribution >= 0.6 is 11.3 Å². The molecule has 0 bridgehead atoms. The van der Waals surface area contributed by atoms with Gasteiger partial charge < -0.3 is 10.2 Å². The van der Waals surface area contributed by atoms with Crippen molar-refractivity contribution in [2.75, 3.05) is 18.5 Å². The zero-order valence-corrected chi connectivity index (χ0v) is 12.4. The molecule has 0 aromatic carbocycles. The lowest BCUT2D eigenvalue weighted by Gasteiger charge is -2.19. The van der Waals surface area contributed by atoms with Gasteiger partial charge in [0.1, 0.15) is 0 Å². The molecule has 0 unspecified atom stereocenters. The summed E-state index contributed by atoms with van der Waals surface area (Å²) in [5, 5.41) is 5.50. The van der Waals surface area contributed by atoms with Gasteiger partial charge in [0.15, 0.2) is 0 Å². The number of rotatable bonds is 7. The summed E-state index contributed by atoms with van der Waals surface area (Å²) in [6.07, 6.45) is 3.04. The lowest BCUT2D eigenvalue weighted by atomic mass is 10.3. The molecule has 0 aliphatic rings. The molecule has 0 saturated carbocycles. The number of pyridine rings is 1. The Morgan fingerprint density at radius 2 is 2.26 bits per heavy atom. The Morgan fingerprint density at radius 3 is 3.00 bits per heavy atom. The first-order valence-electron chi connectivity index (χ1n) is 6.68. The summed E-state index contributed by atoms with van der Waals surface area (Å²) in [6, 6.07) is 8.50. The van der Waals surface area contributed by atoms with Gasteiger partial charge >= 0.3 is 0 Å². The first kappa shape index (κ1) is 14.0. The van der Waals surface area contributed by atoms with Crippen LogP contribution in [-0.4, -0.2) is 18.6 Å². The topological polar surface area (TPSA) is 28.2 Å². The smallest absolute Gasteiger partial charge is 0.0562 e. The molecule has 1 N–H and O–H groups in total. The second-order valence-electron chi connectivity index (χ2n) is 4.62. The first-order valence-corrected chi connectivity index (χ1v) is 7.56. The molecule has 2 heterocycles. The summed E-state index contributed by atoms with van der Waals surface area (Å²) in [4.78, 5) is 8.04. The van der Waals surface area contributed by atoms with Gasteiger partial charge in [0, 0.05) is 30.4 Å². The zero-order valence-electron chi connectivity index (χ0n) is 11.6.